The minimum atomic E-state index is -0.225. The maximum Gasteiger partial charge on any atom is 0.0830 e. The highest BCUT2D eigenvalue weighted by Crippen LogP contribution is 2.26. The van der Waals surface area contributed by atoms with E-state index in [-0.39, 0.29) is 11.6 Å². The fraction of sp³-hybridized carbons (Fsp3) is 0.600. The van der Waals surface area contributed by atoms with Crippen LogP contribution in [0.3, 0.4) is 0 Å². The Balaban J connectivity index is 2.81. The smallest absolute Gasteiger partial charge is 0.0830 e. The molecule has 0 fully saturated rings. The molecule has 102 valence electrons. The largest absolute Gasteiger partial charge is 0.374 e. The van der Waals surface area contributed by atoms with Crippen LogP contribution >= 0.6 is 11.6 Å². The number of benzene rings is 1. The maximum atomic E-state index is 6.37. The van der Waals surface area contributed by atoms with Gasteiger partial charge in [-0.1, -0.05) is 37.6 Å². The number of hydrogen-bond acceptors (Lipinski definition) is 2. The Hall–Kier alpha value is -0.570. The summed E-state index contributed by atoms with van der Waals surface area (Å²) in [4.78, 5) is 0. The van der Waals surface area contributed by atoms with E-state index in [1.54, 1.807) is 0 Å². The van der Waals surface area contributed by atoms with Crippen molar-refractivity contribution < 1.29 is 4.74 Å². The number of ether oxygens (including phenoxy) is 1. The SMILES string of the molecule is CCOC(CC)(CC)C(N)Cc1cccc(Cl)c1. The summed E-state index contributed by atoms with van der Waals surface area (Å²) in [5, 5.41) is 0.759. The van der Waals surface area contributed by atoms with Crippen molar-refractivity contribution in [2.24, 2.45) is 5.73 Å². The molecule has 0 aromatic heterocycles. The molecule has 0 spiro atoms. The molecule has 0 saturated carbocycles. The summed E-state index contributed by atoms with van der Waals surface area (Å²) in [6.07, 6.45) is 2.65. The van der Waals surface area contributed by atoms with Gasteiger partial charge in [-0.15, -0.1) is 0 Å². The lowest BCUT2D eigenvalue weighted by Gasteiger charge is -2.37. The standard InChI is InChI=1S/C15H24ClNO/c1-4-15(5-2,18-6-3)14(17)11-12-8-7-9-13(16)10-12/h7-10,14H,4-6,11,17H2,1-3H3. The third-order valence-electron chi connectivity index (χ3n) is 3.65. The number of halogens is 1. The van der Waals surface area contributed by atoms with Crippen molar-refractivity contribution in [2.45, 2.75) is 51.7 Å². The molecule has 1 rings (SSSR count). The van der Waals surface area contributed by atoms with Crippen molar-refractivity contribution in [1.29, 1.82) is 0 Å². The van der Waals surface area contributed by atoms with Gasteiger partial charge in [0.05, 0.1) is 5.60 Å². The molecule has 0 radical (unpaired) electrons. The molecular formula is C15H24ClNO. The van der Waals surface area contributed by atoms with Gasteiger partial charge in [0.25, 0.3) is 0 Å². The zero-order valence-corrected chi connectivity index (χ0v) is 12.3. The molecule has 2 nitrogen and oxygen atoms in total. The van der Waals surface area contributed by atoms with E-state index in [4.69, 9.17) is 22.1 Å². The highest BCUT2D eigenvalue weighted by Gasteiger charge is 2.33. The van der Waals surface area contributed by atoms with Crippen LogP contribution in [0, 0.1) is 0 Å². The molecule has 0 saturated heterocycles. The molecule has 18 heavy (non-hydrogen) atoms. The fourth-order valence-electron chi connectivity index (χ4n) is 2.48. The topological polar surface area (TPSA) is 35.2 Å². The lowest BCUT2D eigenvalue weighted by Crippen LogP contribution is -2.50. The molecule has 0 aliphatic carbocycles. The minimum absolute atomic E-state index is 0.00841. The van der Waals surface area contributed by atoms with Gasteiger partial charge in [0, 0.05) is 17.7 Å². The van der Waals surface area contributed by atoms with Gasteiger partial charge in [-0.2, -0.15) is 0 Å². The summed E-state index contributed by atoms with van der Waals surface area (Å²) in [5.41, 5.74) is 7.32. The van der Waals surface area contributed by atoms with Gasteiger partial charge in [-0.25, -0.2) is 0 Å². The van der Waals surface area contributed by atoms with E-state index in [0.717, 1.165) is 24.3 Å². The van der Waals surface area contributed by atoms with Gasteiger partial charge in [0.2, 0.25) is 0 Å². The van der Waals surface area contributed by atoms with Crippen LogP contribution < -0.4 is 5.73 Å². The van der Waals surface area contributed by atoms with E-state index in [1.165, 1.54) is 5.56 Å². The van der Waals surface area contributed by atoms with Crippen LogP contribution in [0.25, 0.3) is 0 Å². The molecule has 0 aliphatic rings. The molecule has 1 aromatic rings. The molecule has 1 atom stereocenters. The summed E-state index contributed by atoms with van der Waals surface area (Å²) in [6, 6.07) is 7.87. The molecule has 3 heteroatoms. The second-order valence-electron chi connectivity index (χ2n) is 4.65. The molecule has 2 N–H and O–H groups in total. The molecule has 1 unspecified atom stereocenters. The molecule has 0 amide bonds. The highest BCUT2D eigenvalue weighted by atomic mass is 35.5. The highest BCUT2D eigenvalue weighted by molar-refractivity contribution is 6.30. The van der Waals surface area contributed by atoms with Crippen LogP contribution in [0.5, 0.6) is 0 Å². The van der Waals surface area contributed by atoms with Crippen molar-refractivity contribution in [3.05, 3.63) is 34.9 Å². The van der Waals surface area contributed by atoms with Gasteiger partial charge >= 0.3 is 0 Å². The Morgan fingerprint density at radius 2 is 1.94 bits per heavy atom. The first-order valence-corrected chi connectivity index (χ1v) is 7.09. The van der Waals surface area contributed by atoms with Gasteiger partial charge in [0.1, 0.15) is 0 Å². The van der Waals surface area contributed by atoms with Gasteiger partial charge in [-0.3, -0.25) is 0 Å². The summed E-state index contributed by atoms with van der Waals surface area (Å²) in [6.45, 7) is 6.99. The first-order valence-electron chi connectivity index (χ1n) is 6.72. The normalized spacial score (nSPS) is 13.6. The predicted molar refractivity (Wildman–Crippen MR) is 78.1 cm³/mol. The van der Waals surface area contributed by atoms with Gasteiger partial charge in [0.15, 0.2) is 0 Å². The second kappa shape index (κ2) is 7.13. The van der Waals surface area contributed by atoms with Crippen molar-refractivity contribution in [2.75, 3.05) is 6.61 Å². The molecule has 1 aromatic carbocycles. The average molecular weight is 270 g/mol. The minimum Gasteiger partial charge on any atom is -0.374 e. The van der Waals surface area contributed by atoms with E-state index in [0.29, 0.717) is 6.61 Å². The van der Waals surface area contributed by atoms with Crippen LogP contribution in [-0.2, 0) is 11.2 Å². The zero-order chi connectivity index (χ0) is 13.6. The Labute approximate surface area is 115 Å². The van der Waals surface area contributed by atoms with E-state index in [2.05, 4.69) is 19.9 Å². The van der Waals surface area contributed by atoms with E-state index >= 15 is 0 Å². The van der Waals surface area contributed by atoms with Crippen LogP contribution in [0.2, 0.25) is 5.02 Å². The maximum absolute atomic E-state index is 6.37. The number of hydrogen-bond donors (Lipinski definition) is 1. The van der Waals surface area contributed by atoms with Crippen molar-refractivity contribution in [3.8, 4) is 0 Å². The monoisotopic (exact) mass is 269 g/mol. The van der Waals surface area contributed by atoms with Crippen molar-refractivity contribution in [1.82, 2.24) is 0 Å². The van der Waals surface area contributed by atoms with Crippen LogP contribution in [0.1, 0.15) is 39.2 Å². The Morgan fingerprint density at radius 3 is 2.44 bits per heavy atom. The van der Waals surface area contributed by atoms with E-state index in [9.17, 15) is 0 Å². The summed E-state index contributed by atoms with van der Waals surface area (Å²) in [7, 11) is 0. The predicted octanol–water partition coefficient (Wildman–Crippen LogP) is 3.81. The third-order valence-corrected chi connectivity index (χ3v) is 3.88. The average Bonchev–Trinajstić information content (AvgIpc) is 2.36. The van der Waals surface area contributed by atoms with E-state index in [1.807, 2.05) is 25.1 Å². The quantitative estimate of drug-likeness (QED) is 0.817. The zero-order valence-electron chi connectivity index (χ0n) is 11.6. The van der Waals surface area contributed by atoms with E-state index < -0.39 is 0 Å². The van der Waals surface area contributed by atoms with Crippen molar-refractivity contribution >= 4 is 11.6 Å². The summed E-state index contributed by atoms with van der Waals surface area (Å²) in [5.74, 6) is 0. The Morgan fingerprint density at radius 1 is 1.28 bits per heavy atom. The first-order chi connectivity index (χ1) is 8.57. The molecule has 0 aliphatic heterocycles. The summed E-state index contributed by atoms with van der Waals surface area (Å²) < 4.78 is 5.93. The first kappa shape index (κ1) is 15.5. The molecule has 0 heterocycles. The summed E-state index contributed by atoms with van der Waals surface area (Å²) >= 11 is 6.00. The van der Waals surface area contributed by atoms with Gasteiger partial charge in [-0.05, 0) is 43.9 Å². The van der Waals surface area contributed by atoms with Crippen LogP contribution in [0.15, 0.2) is 24.3 Å². The lowest BCUT2D eigenvalue weighted by molar-refractivity contribution is -0.0633. The Bertz CT molecular complexity index is 363. The van der Waals surface area contributed by atoms with Crippen molar-refractivity contribution in [3.63, 3.8) is 0 Å². The van der Waals surface area contributed by atoms with Gasteiger partial charge < -0.3 is 10.5 Å². The lowest BCUT2D eigenvalue weighted by atomic mass is 9.85. The van der Waals surface area contributed by atoms with Crippen LogP contribution in [-0.4, -0.2) is 18.2 Å². The second-order valence-corrected chi connectivity index (χ2v) is 5.08. The number of rotatable bonds is 7. The fourth-order valence-corrected chi connectivity index (χ4v) is 2.69. The molecule has 0 bridgehead atoms. The number of nitrogens with two attached hydrogens (primary N) is 1. The molecular weight excluding hydrogens is 246 g/mol. The van der Waals surface area contributed by atoms with Crippen LogP contribution in [0.4, 0.5) is 0 Å². The Kier molecular flexibility index (Phi) is 6.13. The third kappa shape index (κ3) is 3.71.